The predicted molar refractivity (Wildman–Crippen MR) is 83.6 cm³/mol. The fourth-order valence-electron chi connectivity index (χ4n) is 2.91. The van der Waals surface area contributed by atoms with E-state index in [0.717, 1.165) is 31.5 Å². The molecule has 2 heterocycles. The van der Waals surface area contributed by atoms with Crippen LogP contribution < -0.4 is 5.32 Å². The third-order valence-corrected chi connectivity index (χ3v) is 4.17. The summed E-state index contributed by atoms with van der Waals surface area (Å²) in [5.41, 5.74) is 1.13. The van der Waals surface area contributed by atoms with E-state index in [1.54, 1.807) is 0 Å². The first-order valence-electron chi connectivity index (χ1n) is 8.25. The Kier molecular flexibility index (Phi) is 6.67. The topological polar surface area (TPSA) is 48.3 Å². The molecule has 0 aliphatic carbocycles. The average molecular weight is 295 g/mol. The van der Waals surface area contributed by atoms with Gasteiger partial charge in [0.1, 0.15) is 0 Å². The highest BCUT2D eigenvalue weighted by molar-refractivity contribution is 5.03. The summed E-state index contributed by atoms with van der Waals surface area (Å²) in [4.78, 5) is 0. The molecule has 5 heteroatoms. The first-order valence-corrected chi connectivity index (χ1v) is 8.25. The summed E-state index contributed by atoms with van der Waals surface area (Å²) in [5, 5.41) is 8.26. The van der Waals surface area contributed by atoms with Gasteiger partial charge in [0.15, 0.2) is 0 Å². The highest BCUT2D eigenvalue weighted by atomic mass is 16.6. The second-order valence-corrected chi connectivity index (χ2v) is 5.61. The van der Waals surface area contributed by atoms with E-state index in [2.05, 4.69) is 43.0 Å². The van der Waals surface area contributed by atoms with E-state index in [0.29, 0.717) is 25.9 Å². The van der Waals surface area contributed by atoms with Gasteiger partial charge in [-0.3, -0.25) is 4.68 Å². The molecule has 1 fully saturated rings. The number of ether oxygens (including phenoxy) is 2. The van der Waals surface area contributed by atoms with E-state index in [4.69, 9.17) is 14.6 Å². The Bertz CT molecular complexity index is 398. The van der Waals surface area contributed by atoms with Crippen LogP contribution in [0.5, 0.6) is 0 Å². The zero-order valence-electron chi connectivity index (χ0n) is 13.5. The monoisotopic (exact) mass is 295 g/mol. The number of likely N-dealkylation sites (N-methyl/N-ethyl adjacent to an activating group) is 1. The molecule has 2 atom stereocenters. The Morgan fingerprint density at radius 2 is 2.14 bits per heavy atom. The van der Waals surface area contributed by atoms with Gasteiger partial charge in [0.25, 0.3) is 0 Å². The molecular formula is C16H29N3O2. The molecule has 1 aliphatic heterocycles. The second-order valence-electron chi connectivity index (χ2n) is 5.61. The van der Waals surface area contributed by atoms with Crippen LogP contribution in [0.3, 0.4) is 0 Å². The number of nitrogens with one attached hydrogen (secondary N) is 1. The lowest BCUT2D eigenvalue weighted by atomic mass is 10.1. The molecule has 5 nitrogen and oxygen atoms in total. The molecular weight excluding hydrogens is 266 g/mol. The van der Waals surface area contributed by atoms with Crippen molar-refractivity contribution in [2.75, 3.05) is 26.4 Å². The van der Waals surface area contributed by atoms with Crippen molar-refractivity contribution in [3.8, 4) is 0 Å². The summed E-state index contributed by atoms with van der Waals surface area (Å²) in [5.74, 6) is 0. The van der Waals surface area contributed by atoms with E-state index in [1.165, 1.54) is 0 Å². The van der Waals surface area contributed by atoms with Crippen LogP contribution in [-0.2, 0) is 15.9 Å². The van der Waals surface area contributed by atoms with Gasteiger partial charge < -0.3 is 14.8 Å². The van der Waals surface area contributed by atoms with Gasteiger partial charge in [-0.05, 0) is 25.5 Å². The van der Waals surface area contributed by atoms with Crippen molar-refractivity contribution in [3.05, 3.63) is 18.0 Å². The molecule has 1 aliphatic rings. The summed E-state index contributed by atoms with van der Waals surface area (Å²) in [6.45, 7) is 9.55. The lowest BCUT2D eigenvalue weighted by Crippen LogP contribution is -2.48. The highest BCUT2D eigenvalue weighted by Crippen LogP contribution is 2.16. The van der Waals surface area contributed by atoms with Crippen molar-refractivity contribution in [1.29, 1.82) is 0 Å². The number of aromatic nitrogens is 2. The molecule has 1 saturated heterocycles. The first-order chi connectivity index (χ1) is 10.3. The summed E-state index contributed by atoms with van der Waals surface area (Å²) in [6, 6.07) is 2.90. The predicted octanol–water partition coefficient (Wildman–Crippen LogP) is 2.18. The summed E-state index contributed by atoms with van der Waals surface area (Å²) in [6.07, 6.45) is 5.35. The normalized spacial score (nSPS) is 20.9. The quantitative estimate of drug-likeness (QED) is 0.798. The van der Waals surface area contributed by atoms with Crippen LogP contribution in [-0.4, -0.2) is 48.3 Å². The van der Waals surface area contributed by atoms with Gasteiger partial charge in [-0.15, -0.1) is 0 Å². The van der Waals surface area contributed by atoms with Crippen molar-refractivity contribution in [1.82, 2.24) is 15.1 Å². The lowest BCUT2D eigenvalue weighted by Gasteiger charge is -2.30. The maximum absolute atomic E-state index is 5.84. The van der Waals surface area contributed by atoms with Crippen molar-refractivity contribution >= 4 is 0 Å². The Labute approximate surface area is 128 Å². The fraction of sp³-hybridized carbons (Fsp3) is 0.812. The Hall–Kier alpha value is -0.910. The molecule has 1 aromatic rings. The number of nitrogens with zero attached hydrogens (tertiary/aromatic N) is 2. The summed E-state index contributed by atoms with van der Waals surface area (Å²) < 4.78 is 13.5. The lowest BCUT2D eigenvalue weighted by molar-refractivity contribution is -0.101. The first kappa shape index (κ1) is 16.5. The SMILES string of the molecule is CCNC(Cc1ccn(C(CC)CC)n1)C1COCCO1. The van der Waals surface area contributed by atoms with Crippen molar-refractivity contribution in [3.63, 3.8) is 0 Å². The molecule has 21 heavy (non-hydrogen) atoms. The zero-order chi connectivity index (χ0) is 15.1. The van der Waals surface area contributed by atoms with E-state index >= 15 is 0 Å². The number of hydrogen-bond acceptors (Lipinski definition) is 4. The molecule has 0 aromatic carbocycles. The molecule has 0 spiro atoms. The third kappa shape index (κ3) is 4.53. The van der Waals surface area contributed by atoms with Crippen LogP contribution in [0.2, 0.25) is 0 Å². The number of hydrogen-bond donors (Lipinski definition) is 1. The Morgan fingerprint density at radius 1 is 1.33 bits per heavy atom. The van der Waals surface area contributed by atoms with Crippen LogP contribution in [0.1, 0.15) is 45.3 Å². The van der Waals surface area contributed by atoms with Gasteiger partial charge in [0.2, 0.25) is 0 Å². The standard InChI is InChI=1S/C16H29N3O2/c1-4-14(5-2)19-8-7-13(18-19)11-15(17-6-3)16-12-20-9-10-21-16/h7-8,14-17H,4-6,9-12H2,1-3H3. The maximum Gasteiger partial charge on any atom is 0.0965 e. The van der Waals surface area contributed by atoms with E-state index in [9.17, 15) is 0 Å². The Balaban J connectivity index is 1.99. The molecule has 1 aromatic heterocycles. The van der Waals surface area contributed by atoms with Gasteiger partial charge in [-0.25, -0.2) is 0 Å². The van der Waals surface area contributed by atoms with Crippen LogP contribution in [0, 0.1) is 0 Å². The number of rotatable bonds is 8. The van der Waals surface area contributed by atoms with Crippen LogP contribution in [0.15, 0.2) is 12.3 Å². The fourth-order valence-corrected chi connectivity index (χ4v) is 2.91. The van der Waals surface area contributed by atoms with Gasteiger partial charge in [0, 0.05) is 18.7 Å². The van der Waals surface area contributed by atoms with Gasteiger partial charge >= 0.3 is 0 Å². The third-order valence-electron chi connectivity index (χ3n) is 4.17. The van der Waals surface area contributed by atoms with Crippen molar-refractivity contribution in [2.24, 2.45) is 0 Å². The van der Waals surface area contributed by atoms with Crippen molar-refractivity contribution in [2.45, 2.75) is 58.2 Å². The van der Waals surface area contributed by atoms with E-state index in [-0.39, 0.29) is 12.1 Å². The summed E-state index contributed by atoms with van der Waals surface area (Å²) in [7, 11) is 0. The minimum atomic E-state index is 0.122. The van der Waals surface area contributed by atoms with Crippen LogP contribution in [0.25, 0.3) is 0 Å². The van der Waals surface area contributed by atoms with Crippen molar-refractivity contribution < 1.29 is 9.47 Å². The minimum absolute atomic E-state index is 0.122. The maximum atomic E-state index is 5.84. The molecule has 2 unspecified atom stereocenters. The Morgan fingerprint density at radius 3 is 2.76 bits per heavy atom. The van der Waals surface area contributed by atoms with Gasteiger partial charge in [-0.1, -0.05) is 20.8 Å². The average Bonchev–Trinajstić information content (AvgIpc) is 2.97. The molecule has 0 radical (unpaired) electrons. The zero-order valence-corrected chi connectivity index (χ0v) is 13.5. The molecule has 120 valence electrons. The molecule has 0 amide bonds. The van der Waals surface area contributed by atoms with Crippen LogP contribution in [0.4, 0.5) is 0 Å². The highest BCUT2D eigenvalue weighted by Gasteiger charge is 2.25. The van der Waals surface area contributed by atoms with Crippen LogP contribution >= 0.6 is 0 Å². The smallest absolute Gasteiger partial charge is 0.0965 e. The van der Waals surface area contributed by atoms with E-state index < -0.39 is 0 Å². The molecule has 0 bridgehead atoms. The second kappa shape index (κ2) is 8.51. The molecule has 0 saturated carbocycles. The molecule has 1 N–H and O–H groups in total. The minimum Gasteiger partial charge on any atom is -0.376 e. The molecule has 2 rings (SSSR count). The van der Waals surface area contributed by atoms with E-state index in [1.807, 2.05) is 0 Å². The van der Waals surface area contributed by atoms with Gasteiger partial charge in [-0.2, -0.15) is 5.10 Å². The largest absolute Gasteiger partial charge is 0.376 e. The van der Waals surface area contributed by atoms with Gasteiger partial charge in [0.05, 0.1) is 37.7 Å². The summed E-state index contributed by atoms with van der Waals surface area (Å²) >= 11 is 0.